The van der Waals surface area contributed by atoms with Crippen LogP contribution in [0, 0.1) is 18.6 Å². The Morgan fingerprint density at radius 2 is 2.07 bits per heavy atom. The third-order valence-electron chi connectivity index (χ3n) is 4.65. The molecule has 1 amide bonds. The highest BCUT2D eigenvalue weighted by Gasteiger charge is 2.20. The zero-order valence-corrected chi connectivity index (χ0v) is 16.2. The fourth-order valence-electron chi connectivity index (χ4n) is 3.14. The molecule has 0 bridgehead atoms. The summed E-state index contributed by atoms with van der Waals surface area (Å²) in [5, 5.41) is 2.63. The van der Waals surface area contributed by atoms with E-state index in [0.29, 0.717) is 28.2 Å². The molecule has 0 aliphatic heterocycles. The number of halogens is 2. The minimum Gasteiger partial charge on any atom is -0.366 e. The molecule has 0 atom stereocenters. The number of aromatic nitrogens is 3. The number of benzene rings is 1. The van der Waals surface area contributed by atoms with Gasteiger partial charge in [0.05, 0.1) is 23.5 Å². The van der Waals surface area contributed by atoms with E-state index in [-0.39, 0.29) is 6.54 Å². The van der Waals surface area contributed by atoms with Gasteiger partial charge >= 0.3 is 0 Å². The average Bonchev–Trinajstić information content (AvgIpc) is 3.30. The molecule has 0 saturated heterocycles. The van der Waals surface area contributed by atoms with Gasteiger partial charge in [-0.25, -0.2) is 13.8 Å². The van der Waals surface area contributed by atoms with Crippen LogP contribution in [-0.2, 0) is 6.54 Å². The van der Waals surface area contributed by atoms with Gasteiger partial charge in [-0.2, -0.15) is 0 Å². The Labute approximate surface area is 169 Å². The number of nitrogens with zero attached hydrogens (tertiary/aromatic N) is 3. The molecule has 0 aliphatic carbocycles. The maximum absolute atomic E-state index is 14.2. The molecule has 29 heavy (non-hydrogen) atoms. The van der Waals surface area contributed by atoms with Crippen molar-refractivity contribution in [2.75, 3.05) is 0 Å². The van der Waals surface area contributed by atoms with Crippen LogP contribution in [0.25, 0.3) is 22.0 Å². The second kappa shape index (κ2) is 7.56. The van der Waals surface area contributed by atoms with E-state index in [9.17, 15) is 13.6 Å². The number of primary amides is 1. The van der Waals surface area contributed by atoms with E-state index in [2.05, 4.69) is 9.97 Å². The Morgan fingerprint density at radius 1 is 1.24 bits per heavy atom. The van der Waals surface area contributed by atoms with Crippen molar-refractivity contribution in [2.24, 2.45) is 5.73 Å². The second-order valence-corrected chi connectivity index (χ2v) is 7.35. The molecule has 8 heteroatoms. The number of carbonyl (C=O) groups excluding carboxylic acids is 1. The number of hydrogen-bond acceptors (Lipinski definition) is 4. The minimum atomic E-state index is -0.654. The molecule has 4 aromatic rings. The third-order valence-corrected chi connectivity index (χ3v) is 5.54. The van der Waals surface area contributed by atoms with Gasteiger partial charge in [-0.05, 0) is 31.2 Å². The number of carbonyl (C=O) groups is 1. The highest BCUT2D eigenvalue weighted by molar-refractivity contribution is 7.13. The first-order valence-electron chi connectivity index (χ1n) is 8.74. The zero-order valence-electron chi connectivity index (χ0n) is 15.4. The van der Waals surface area contributed by atoms with E-state index in [1.165, 1.54) is 23.5 Å². The van der Waals surface area contributed by atoms with Crippen molar-refractivity contribution in [3.63, 3.8) is 0 Å². The summed E-state index contributed by atoms with van der Waals surface area (Å²) in [6, 6.07) is 8.82. The van der Waals surface area contributed by atoms with Gasteiger partial charge in [0.15, 0.2) is 0 Å². The van der Waals surface area contributed by atoms with Crippen molar-refractivity contribution in [3.05, 3.63) is 82.6 Å². The van der Waals surface area contributed by atoms with Crippen LogP contribution in [-0.4, -0.2) is 20.4 Å². The molecule has 0 aliphatic rings. The van der Waals surface area contributed by atoms with Crippen LogP contribution < -0.4 is 5.73 Å². The summed E-state index contributed by atoms with van der Waals surface area (Å²) in [5.41, 5.74) is 8.87. The van der Waals surface area contributed by atoms with Crippen molar-refractivity contribution >= 4 is 17.2 Å². The summed E-state index contributed by atoms with van der Waals surface area (Å²) < 4.78 is 29.3. The molecule has 0 fully saturated rings. The third kappa shape index (κ3) is 3.66. The van der Waals surface area contributed by atoms with Gasteiger partial charge in [-0.3, -0.25) is 9.78 Å². The standard InChI is InChI=1S/C21H16F2N4OS/c1-12-16(20(24)28)8-19(27(12)10-14-4-5-15(22)7-17(14)23)18-11-29-21(26-18)13-3-2-6-25-9-13/h2-9,11H,10H2,1H3,(H2,24,28). The molecule has 146 valence electrons. The highest BCUT2D eigenvalue weighted by atomic mass is 32.1. The zero-order chi connectivity index (χ0) is 20.5. The maximum Gasteiger partial charge on any atom is 0.250 e. The smallest absolute Gasteiger partial charge is 0.250 e. The van der Waals surface area contributed by atoms with E-state index in [4.69, 9.17) is 5.73 Å². The Morgan fingerprint density at radius 3 is 2.76 bits per heavy atom. The lowest BCUT2D eigenvalue weighted by Crippen LogP contribution is -2.13. The number of pyridine rings is 1. The molecule has 1 aromatic carbocycles. The van der Waals surface area contributed by atoms with Crippen LogP contribution in [0.5, 0.6) is 0 Å². The van der Waals surface area contributed by atoms with Gasteiger partial charge < -0.3 is 10.3 Å². The van der Waals surface area contributed by atoms with E-state index in [0.717, 1.165) is 16.6 Å². The average molecular weight is 410 g/mol. The van der Waals surface area contributed by atoms with Crippen LogP contribution in [0.15, 0.2) is 54.2 Å². The molecule has 5 nitrogen and oxygen atoms in total. The minimum absolute atomic E-state index is 0.111. The first kappa shape index (κ1) is 18.9. The largest absolute Gasteiger partial charge is 0.366 e. The monoisotopic (exact) mass is 410 g/mol. The Bertz CT molecular complexity index is 1200. The fourth-order valence-corrected chi connectivity index (χ4v) is 3.95. The van der Waals surface area contributed by atoms with Gasteiger partial charge in [-0.15, -0.1) is 11.3 Å². The predicted molar refractivity (Wildman–Crippen MR) is 107 cm³/mol. The Balaban J connectivity index is 1.80. The summed E-state index contributed by atoms with van der Waals surface area (Å²) in [6.45, 7) is 1.85. The number of hydrogen-bond donors (Lipinski definition) is 1. The predicted octanol–water partition coefficient (Wildman–Crippen LogP) is 4.41. The first-order chi connectivity index (χ1) is 13.9. The van der Waals surface area contributed by atoms with E-state index in [1.54, 1.807) is 30.0 Å². The molecule has 4 rings (SSSR count). The molecule has 0 radical (unpaired) electrons. The molecule has 0 saturated carbocycles. The topological polar surface area (TPSA) is 73.8 Å². The van der Waals surface area contributed by atoms with Crippen LogP contribution >= 0.6 is 11.3 Å². The number of rotatable bonds is 5. The lowest BCUT2D eigenvalue weighted by Gasteiger charge is -2.12. The second-order valence-electron chi connectivity index (χ2n) is 6.49. The van der Waals surface area contributed by atoms with Crippen molar-refractivity contribution in [1.82, 2.24) is 14.5 Å². The van der Waals surface area contributed by atoms with Crippen LogP contribution in [0.2, 0.25) is 0 Å². The quantitative estimate of drug-likeness (QED) is 0.530. The van der Waals surface area contributed by atoms with Crippen molar-refractivity contribution in [2.45, 2.75) is 13.5 Å². The summed E-state index contributed by atoms with van der Waals surface area (Å²) in [4.78, 5) is 20.6. The summed E-state index contributed by atoms with van der Waals surface area (Å²) >= 11 is 1.44. The first-order valence-corrected chi connectivity index (χ1v) is 9.62. The Kier molecular flexibility index (Phi) is 4.94. The van der Waals surface area contributed by atoms with Gasteiger partial charge in [0, 0.05) is 40.7 Å². The van der Waals surface area contributed by atoms with Crippen LogP contribution in [0.4, 0.5) is 8.78 Å². The lowest BCUT2D eigenvalue weighted by atomic mass is 10.2. The highest BCUT2D eigenvalue weighted by Crippen LogP contribution is 2.32. The van der Waals surface area contributed by atoms with Gasteiger partial charge in [0.2, 0.25) is 0 Å². The van der Waals surface area contributed by atoms with Crippen molar-refractivity contribution in [3.8, 4) is 22.0 Å². The van der Waals surface area contributed by atoms with Crippen LogP contribution in [0.1, 0.15) is 21.6 Å². The molecule has 0 spiro atoms. The van der Waals surface area contributed by atoms with Crippen molar-refractivity contribution in [1.29, 1.82) is 0 Å². The van der Waals surface area contributed by atoms with Crippen molar-refractivity contribution < 1.29 is 13.6 Å². The Hall–Kier alpha value is -3.39. The van der Waals surface area contributed by atoms with Gasteiger partial charge in [-0.1, -0.05) is 6.07 Å². The maximum atomic E-state index is 14.2. The number of amides is 1. The number of nitrogens with two attached hydrogens (primary N) is 1. The molecule has 2 N–H and O–H groups in total. The SMILES string of the molecule is Cc1c(C(N)=O)cc(-c2csc(-c3cccnc3)n2)n1Cc1ccc(F)cc1F. The molecular formula is C21H16F2N4OS. The van der Waals surface area contributed by atoms with E-state index in [1.807, 2.05) is 17.5 Å². The number of thiazole rings is 1. The summed E-state index contributed by atoms with van der Waals surface area (Å²) in [5.74, 6) is -1.88. The summed E-state index contributed by atoms with van der Waals surface area (Å²) in [7, 11) is 0. The van der Waals surface area contributed by atoms with Crippen LogP contribution in [0.3, 0.4) is 0 Å². The lowest BCUT2D eigenvalue weighted by molar-refractivity contribution is 0.0999. The summed E-state index contributed by atoms with van der Waals surface area (Å²) in [6.07, 6.45) is 3.40. The molecule has 3 heterocycles. The van der Waals surface area contributed by atoms with E-state index < -0.39 is 17.5 Å². The molecular weight excluding hydrogens is 394 g/mol. The van der Waals surface area contributed by atoms with Gasteiger partial charge in [0.25, 0.3) is 5.91 Å². The fraction of sp³-hybridized carbons (Fsp3) is 0.0952. The van der Waals surface area contributed by atoms with Gasteiger partial charge in [0.1, 0.15) is 16.6 Å². The molecule has 0 unspecified atom stereocenters. The molecule has 3 aromatic heterocycles. The van der Waals surface area contributed by atoms with E-state index >= 15 is 0 Å². The normalized spacial score (nSPS) is 11.0.